The first-order valence-corrected chi connectivity index (χ1v) is 10.4. The van der Waals surface area contributed by atoms with Gasteiger partial charge in [0.05, 0.1) is 16.5 Å². The molecule has 1 saturated heterocycles. The van der Waals surface area contributed by atoms with Gasteiger partial charge in [-0.1, -0.05) is 36.2 Å². The molecule has 0 bridgehead atoms. The van der Waals surface area contributed by atoms with E-state index >= 15 is 0 Å². The molecule has 1 atom stereocenters. The fourth-order valence-electron chi connectivity index (χ4n) is 4.16. The van der Waals surface area contributed by atoms with Crippen molar-refractivity contribution in [1.29, 1.82) is 0 Å². The summed E-state index contributed by atoms with van der Waals surface area (Å²) in [6, 6.07) is 8.67. The number of phenolic OH excluding ortho intramolecular Hbond substituents is 1. The molecule has 164 valence electrons. The van der Waals surface area contributed by atoms with Crippen LogP contribution in [0.5, 0.6) is 5.75 Å². The van der Waals surface area contributed by atoms with Crippen LogP contribution in [-0.2, 0) is 12.7 Å². The first-order valence-electron chi connectivity index (χ1n) is 10.1. The predicted octanol–water partition coefficient (Wildman–Crippen LogP) is 6.21. The van der Waals surface area contributed by atoms with Crippen LogP contribution in [0.1, 0.15) is 37.5 Å². The fraction of sp³-hybridized carbons (Fsp3) is 0.348. The molecule has 0 spiro atoms. The van der Waals surface area contributed by atoms with Crippen molar-refractivity contribution >= 4 is 22.6 Å². The average Bonchev–Trinajstić information content (AvgIpc) is 2.71. The summed E-state index contributed by atoms with van der Waals surface area (Å²) in [5.74, 6) is -1.62. The summed E-state index contributed by atoms with van der Waals surface area (Å²) in [4.78, 5) is 15.3. The Morgan fingerprint density at radius 2 is 1.94 bits per heavy atom. The van der Waals surface area contributed by atoms with Gasteiger partial charge in [-0.15, -0.1) is 0 Å². The standard InChI is InChI=1S/C23H21ClF3NO3/c1-13-6-4-5-11-28(13)12-16-18(29)10-9-15-20(30)19(14-7-2-3-8-17(14)24)22(23(25,26)27)31-21(15)16/h2-3,7-10,13,29H,4-6,11-12H2,1H3/t13-/m1/s1. The van der Waals surface area contributed by atoms with Crippen molar-refractivity contribution in [3.05, 3.63) is 63.0 Å². The van der Waals surface area contributed by atoms with Gasteiger partial charge >= 0.3 is 6.18 Å². The Hall–Kier alpha value is -2.51. The lowest BCUT2D eigenvalue weighted by molar-refractivity contribution is -0.152. The van der Waals surface area contributed by atoms with Crippen molar-refractivity contribution in [3.63, 3.8) is 0 Å². The lowest BCUT2D eigenvalue weighted by atomic mass is 9.99. The van der Waals surface area contributed by atoms with E-state index in [1.54, 1.807) is 6.07 Å². The minimum absolute atomic E-state index is 0.0146. The number of likely N-dealkylation sites (tertiary alicyclic amines) is 1. The smallest absolute Gasteiger partial charge is 0.450 e. The van der Waals surface area contributed by atoms with Gasteiger partial charge in [-0.3, -0.25) is 9.69 Å². The summed E-state index contributed by atoms with van der Waals surface area (Å²) in [5, 5.41) is 10.4. The molecule has 0 radical (unpaired) electrons. The number of fused-ring (bicyclic) bond motifs is 1. The summed E-state index contributed by atoms with van der Waals surface area (Å²) in [6.07, 6.45) is -1.93. The summed E-state index contributed by atoms with van der Waals surface area (Å²) in [7, 11) is 0. The highest BCUT2D eigenvalue weighted by Crippen LogP contribution is 2.41. The van der Waals surface area contributed by atoms with Crippen LogP contribution >= 0.6 is 11.6 Å². The molecule has 1 aliphatic rings. The second-order valence-corrected chi connectivity index (χ2v) is 8.28. The summed E-state index contributed by atoms with van der Waals surface area (Å²) >= 11 is 6.11. The number of alkyl halides is 3. The van der Waals surface area contributed by atoms with Crippen molar-refractivity contribution in [1.82, 2.24) is 4.90 Å². The first kappa shape index (κ1) is 21.7. The van der Waals surface area contributed by atoms with Crippen LogP contribution in [0.2, 0.25) is 5.02 Å². The van der Waals surface area contributed by atoms with E-state index in [9.17, 15) is 23.1 Å². The maximum atomic E-state index is 14.0. The number of rotatable bonds is 3. The monoisotopic (exact) mass is 451 g/mol. The Morgan fingerprint density at radius 3 is 2.61 bits per heavy atom. The average molecular weight is 452 g/mol. The fourth-order valence-corrected chi connectivity index (χ4v) is 4.39. The molecule has 0 aliphatic carbocycles. The zero-order chi connectivity index (χ0) is 22.3. The highest BCUT2D eigenvalue weighted by Gasteiger charge is 2.40. The van der Waals surface area contributed by atoms with Crippen LogP contribution in [0.25, 0.3) is 22.1 Å². The Kier molecular flexibility index (Phi) is 5.75. The quantitative estimate of drug-likeness (QED) is 0.514. The Morgan fingerprint density at radius 1 is 1.19 bits per heavy atom. The second kappa shape index (κ2) is 8.20. The number of phenols is 1. The van der Waals surface area contributed by atoms with Crippen LogP contribution in [0.15, 0.2) is 45.6 Å². The third kappa shape index (κ3) is 4.04. The SMILES string of the molecule is C[C@@H]1CCCCN1Cc1c(O)ccc2c(=O)c(-c3ccccc3Cl)c(C(F)(F)F)oc12. The molecule has 8 heteroatoms. The molecule has 0 unspecified atom stereocenters. The number of benzene rings is 2. The zero-order valence-electron chi connectivity index (χ0n) is 16.8. The van der Waals surface area contributed by atoms with E-state index in [1.165, 1.54) is 30.3 Å². The number of nitrogens with zero attached hydrogens (tertiary/aromatic N) is 1. The van der Waals surface area contributed by atoms with E-state index in [4.69, 9.17) is 16.0 Å². The maximum absolute atomic E-state index is 14.0. The molecule has 0 amide bonds. The normalized spacial score (nSPS) is 17.9. The van der Waals surface area contributed by atoms with Crippen molar-refractivity contribution in [2.45, 2.75) is 44.9 Å². The largest absolute Gasteiger partial charge is 0.507 e. The van der Waals surface area contributed by atoms with Gasteiger partial charge in [0.25, 0.3) is 0 Å². The van der Waals surface area contributed by atoms with Gasteiger partial charge in [-0.2, -0.15) is 13.2 Å². The molecule has 3 aromatic rings. The Balaban J connectivity index is 1.99. The molecule has 2 heterocycles. The molecule has 1 aromatic heterocycles. The van der Waals surface area contributed by atoms with Gasteiger partial charge in [0.1, 0.15) is 11.3 Å². The highest BCUT2D eigenvalue weighted by molar-refractivity contribution is 6.33. The van der Waals surface area contributed by atoms with Gasteiger partial charge in [0.15, 0.2) is 0 Å². The summed E-state index contributed by atoms with van der Waals surface area (Å²) < 4.78 is 47.3. The van der Waals surface area contributed by atoms with Crippen LogP contribution in [-0.4, -0.2) is 22.6 Å². The number of aromatic hydroxyl groups is 1. The molecule has 4 rings (SSSR count). The van der Waals surface area contributed by atoms with E-state index in [0.29, 0.717) is 0 Å². The van der Waals surface area contributed by atoms with Crippen molar-refractivity contribution in [2.24, 2.45) is 0 Å². The van der Waals surface area contributed by atoms with Crippen LogP contribution in [0.4, 0.5) is 13.2 Å². The van der Waals surface area contributed by atoms with E-state index in [2.05, 4.69) is 4.90 Å². The number of piperidine rings is 1. The van der Waals surface area contributed by atoms with Crippen LogP contribution < -0.4 is 5.43 Å². The van der Waals surface area contributed by atoms with Gasteiger partial charge < -0.3 is 9.52 Å². The van der Waals surface area contributed by atoms with Gasteiger partial charge in [-0.25, -0.2) is 0 Å². The molecule has 4 nitrogen and oxygen atoms in total. The van der Waals surface area contributed by atoms with Crippen LogP contribution in [0, 0.1) is 0 Å². The lowest BCUT2D eigenvalue weighted by Gasteiger charge is -2.33. The first-order chi connectivity index (χ1) is 14.7. The molecule has 31 heavy (non-hydrogen) atoms. The number of hydrogen-bond donors (Lipinski definition) is 1. The topological polar surface area (TPSA) is 53.7 Å². The molecular weight excluding hydrogens is 431 g/mol. The summed E-state index contributed by atoms with van der Waals surface area (Å²) in [6.45, 7) is 2.98. The minimum atomic E-state index is -4.93. The second-order valence-electron chi connectivity index (χ2n) is 7.87. The predicted molar refractivity (Wildman–Crippen MR) is 113 cm³/mol. The molecule has 1 N–H and O–H groups in total. The zero-order valence-corrected chi connectivity index (χ0v) is 17.6. The Labute approximate surface area is 181 Å². The molecule has 1 aliphatic heterocycles. The minimum Gasteiger partial charge on any atom is -0.507 e. The number of halogens is 4. The molecule has 0 saturated carbocycles. The number of hydrogen-bond acceptors (Lipinski definition) is 4. The van der Waals surface area contributed by atoms with E-state index in [0.717, 1.165) is 25.8 Å². The molecular formula is C23H21ClF3NO3. The van der Waals surface area contributed by atoms with E-state index in [1.807, 2.05) is 6.92 Å². The van der Waals surface area contributed by atoms with Gasteiger partial charge in [0.2, 0.25) is 11.2 Å². The van der Waals surface area contributed by atoms with Crippen LogP contribution in [0.3, 0.4) is 0 Å². The molecule has 1 fully saturated rings. The lowest BCUT2D eigenvalue weighted by Crippen LogP contribution is -2.36. The highest BCUT2D eigenvalue weighted by atomic mass is 35.5. The third-order valence-electron chi connectivity index (χ3n) is 5.84. The molecule has 2 aromatic carbocycles. The van der Waals surface area contributed by atoms with Crippen molar-refractivity contribution < 1.29 is 22.7 Å². The maximum Gasteiger partial charge on any atom is 0.450 e. The van der Waals surface area contributed by atoms with Crippen molar-refractivity contribution in [3.8, 4) is 16.9 Å². The third-order valence-corrected chi connectivity index (χ3v) is 6.17. The summed E-state index contributed by atoms with van der Waals surface area (Å²) in [5.41, 5.74) is -1.58. The van der Waals surface area contributed by atoms with Crippen molar-refractivity contribution in [2.75, 3.05) is 6.54 Å². The Bertz CT molecular complexity index is 1190. The van der Waals surface area contributed by atoms with Gasteiger partial charge in [-0.05, 0) is 44.5 Å². The van der Waals surface area contributed by atoms with E-state index < -0.39 is 22.9 Å². The van der Waals surface area contributed by atoms with E-state index in [-0.39, 0.29) is 45.5 Å². The van der Waals surface area contributed by atoms with Gasteiger partial charge in [0, 0.05) is 23.2 Å².